The number of amides is 1. The van der Waals surface area contributed by atoms with E-state index >= 15 is 0 Å². The molecular weight excluding hydrogens is 302 g/mol. The minimum absolute atomic E-state index is 0.272. The van der Waals surface area contributed by atoms with E-state index in [1.165, 1.54) is 5.56 Å². The molecule has 0 unspecified atom stereocenters. The Morgan fingerprint density at radius 3 is 2.67 bits per heavy atom. The van der Waals surface area contributed by atoms with Gasteiger partial charge in [-0.2, -0.15) is 0 Å². The van der Waals surface area contributed by atoms with E-state index in [-0.39, 0.29) is 6.09 Å². The van der Waals surface area contributed by atoms with Crippen molar-refractivity contribution in [3.63, 3.8) is 0 Å². The Morgan fingerprint density at radius 1 is 1.33 bits per heavy atom. The molecular formula is C19H31N3O2. The summed E-state index contributed by atoms with van der Waals surface area (Å²) in [6.07, 6.45) is 1.65. The summed E-state index contributed by atoms with van der Waals surface area (Å²) in [7, 11) is 0. The number of hydrogen-bond donors (Lipinski definition) is 2. The van der Waals surface area contributed by atoms with Crippen molar-refractivity contribution in [1.29, 1.82) is 0 Å². The number of fused-ring (bicyclic) bond motifs is 1. The smallest absolute Gasteiger partial charge is 0.410 e. The molecule has 1 aliphatic rings. The number of nitrogens with one attached hydrogen (secondary N) is 1. The predicted molar refractivity (Wildman–Crippen MR) is 99.1 cm³/mol. The van der Waals surface area contributed by atoms with E-state index in [9.17, 15) is 4.79 Å². The number of nitrogen functional groups attached to an aromatic ring is 1. The van der Waals surface area contributed by atoms with Crippen LogP contribution in [-0.2, 0) is 17.7 Å². The fraction of sp³-hybridized carbons (Fsp3) is 0.632. The van der Waals surface area contributed by atoms with E-state index in [1.54, 1.807) is 4.90 Å². The molecule has 5 nitrogen and oxygen atoms in total. The molecule has 0 radical (unpaired) electrons. The van der Waals surface area contributed by atoms with Gasteiger partial charge in [-0.15, -0.1) is 0 Å². The van der Waals surface area contributed by atoms with Gasteiger partial charge < -0.3 is 20.7 Å². The van der Waals surface area contributed by atoms with Gasteiger partial charge in [0.25, 0.3) is 0 Å². The average molecular weight is 333 g/mol. The first-order valence-corrected chi connectivity index (χ1v) is 8.79. The first-order valence-electron chi connectivity index (χ1n) is 8.79. The van der Waals surface area contributed by atoms with Crippen molar-refractivity contribution < 1.29 is 9.53 Å². The molecule has 134 valence electrons. The Labute approximate surface area is 145 Å². The van der Waals surface area contributed by atoms with Gasteiger partial charge in [-0.1, -0.05) is 13.8 Å². The Kier molecular flexibility index (Phi) is 5.62. The molecule has 0 saturated carbocycles. The molecule has 1 aromatic rings. The Hall–Kier alpha value is -1.91. The molecule has 0 saturated heterocycles. The first-order chi connectivity index (χ1) is 11.2. The van der Waals surface area contributed by atoms with Crippen LogP contribution in [0.1, 0.15) is 52.2 Å². The lowest BCUT2D eigenvalue weighted by atomic mass is 9.96. The maximum atomic E-state index is 12.3. The van der Waals surface area contributed by atoms with Crippen molar-refractivity contribution in [3.05, 3.63) is 23.3 Å². The number of carbonyl (C=O) groups is 1. The van der Waals surface area contributed by atoms with Crippen molar-refractivity contribution in [2.75, 3.05) is 24.1 Å². The fourth-order valence-electron chi connectivity index (χ4n) is 2.84. The van der Waals surface area contributed by atoms with Crippen molar-refractivity contribution in [3.8, 4) is 0 Å². The van der Waals surface area contributed by atoms with Crippen LogP contribution >= 0.6 is 0 Å². The second-order valence-corrected chi connectivity index (χ2v) is 7.92. The Bertz CT molecular complexity index is 591. The lowest BCUT2D eigenvalue weighted by molar-refractivity contribution is 0.0224. The van der Waals surface area contributed by atoms with Crippen LogP contribution in [0.3, 0.4) is 0 Å². The summed E-state index contributed by atoms with van der Waals surface area (Å²) in [6, 6.07) is 3.98. The average Bonchev–Trinajstić information content (AvgIpc) is 2.47. The van der Waals surface area contributed by atoms with Gasteiger partial charge in [0.2, 0.25) is 0 Å². The molecule has 1 aliphatic heterocycles. The third-order valence-corrected chi connectivity index (χ3v) is 4.14. The zero-order valence-electron chi connectivity index (χ0n) is 15.6. The number of ether oxygens (including phenoxy) is 1. The molecule has 1 aromatic carbocycles. The van der Waals surface area contributed by atoms with Crippen LogP contribution in [0.5, 0.6) is 0 Å². The summed E-state index contributed by atoms with van der Waals surface area (Å²) in [5.41, 5.74) is 9.85. The van der Waals surface area contributed by atoms with Crippen molar-refractivity contribution in [1.82, 2.24) is 4.90 Å². The van der Waals surface area contributed by atoms with Gasteiger partial charge in [-0.25, -0.2) is 4.79 Å². The zero-order valence-corrected chi connectivity index (χ0v) is 15.6. The number of carbonyl (C=O) groups excluding carboxylic acids is 1. The minimum Gasteiger partial charge on any atom is -0.444 e. The summed E-state index contributed by atoms with van der Waals surface area (Å²) >= 11 is 0. The topological polar surface area (TPSA) is 67.6 Å². The van der Waals surface area contributed by atoms with Gasteiger partial charge >= 0.3 is 6.09 Å². The largest absolute Gasteiger partial charge is 0.444 e. The first kappa shape index (κ1) is 18.4. The van der Waals surface area contributed by atoms with Crippen LogP contribution in [0.4, 0.5) is 16.2 Å². The highest BCUT2D eigenvalue weighted by Gasteiger charge is 2.27. The second kappa shape index (κ2) is 7.32. The quantitative estimate of drug-likeness (QED) is 0.817. The highest BCUT2D eigenvalue weighted by atomic mass is 16.6. The number of rotatable bonds is 4. The maximum absolute atomic E-state index is 12.3. The number of benzene rings is 1. The van der Waals surface area contributed by atoms with Gasteiger partial charge in [0.1, 0.15) is 5.60 Å². The molecule has 0 spiro atoms. The summed E-state index contributed by atoms with van der Waals surface area (Å²) < 4.78 is 5.48. The van der Waals surface area contributed by atoms with Gasteiger partial charge in [0, 0.05) is 24.5 Å². The fourth-order valence-corrected chi connectivity index (χ4v) is 2.84. The molecule has 0 aliphatic carbocycles. The van der Waals surface area contributed by atoms with Crippen LogP contribution in [-0.4, -0.2) is 29.7 Å². The van der Waals surface area contributed by atoms with E-state index < -0.39 is 5.60 Å². The minimum atomic E-state index is -0.483. The summed E-state index contributed by atoms with van der Waals surface area (Å²) in [5, 5.41) is 3.52. The van der Waals surface area contributed by atoms with Crippen molar-refractivity contribution in [2.45, 2.75) is 59.6 Å². The molecule has 3 N–H and O–H groups in total. The Balaban J connectivity index is 2.12. The molecule has 0 atom stereocenters. The second-order valence-electron chi connectivity index (χ2n) is 7.92. The van der Waals surface area contributed by atoms with Gasteiger partial charge in [0.15, 0.2) is 0 Å². The molecule has 0 aromatic heterocycles. The van der Waals surface area contributed by atoms with Crippen LogP contribution in [0.2, 0.25) is 0 Å². The zero-order chi connectivity index (χ0) is 17.9. The maximum Gasteiger partial charge on any atom is 0.410 e. The van der Waals surface area contributed by atoms with E-state index in [1.807, 2.05) is 26.8 Å². The molecule has 1 amide bonds. The van der Waals surface area contributed by atoms with Gasteiger partial charge in [-0.05, 0) is 62.8 Å². The number of nitrogens with zero attached hydrogens (tertiary/aromatic N) is 1. The standard InChI is InChI=1S/C19H31N3O2/c1-13(2)8-10-21-17-7-6-16(20)15-12-22(11-9-14(15)17)18(23)24-19(3,4)5/h6-7,13,21H,8-12,20H2,1-5H3. The molecule has 5 heteroatoms. The summed E-state index contributed by atoms with van der Waals surface area (Å²) in [6.45, 7) is 12.2. The Morgan fingerprint density at radius 2 is 2.04 bits per heavy atom. The molecule has 24 heavy (non-hydrogen) atoms. The van der Waals surface area contributed by atoms with Gasteiger partial charge in [-0.3, -0.25) is 0 Å². The number of nitrogens with two attached hydrogens (primary N) is 1. The van der Waals surface area contributed by atoms with Crippen LogP contribution in [0.15, 0.2) is 12.1 Å². The summed E-state index contributed by atoms with van der Waals surface area (Å²) in [5.74, 6) is 0.671. The molecule has 0 bridgehead atoms. The van der Waals surface area contributed by atoms with Crippen LogP contribution < -0.4 is 11.1 Å². The monoisotopic (exact) mass is 333 g/mol. The number of hydrogen-bond acceptors (Lipinski definition) is 4. The lowest BCUT2D eigenvalue weighted by Crippen LogP contribution is -2.40. The van der Waals surface area contributed by atoms with Crippen molar-refractivity contribution in [2.24, 2.45) is 5.92 Å². The number of anilines is 2. The molecule has 2 rings (SSSR count). The highest BCUT2D eigenvalue weighted by molar-refractivity contribution is 5.71. The lowest BCUT2D eigenvalue weighted by Gasteiger charge is -2.32. The van der Waals surface area contributed by atoms with Gasteiger partial charge in [0.05, 0.1) is 6.54 Å². The van der Waals surface area contributed by atoms with E-state index in [4.69, 9.17) is 10.5 Å². The highest BCUT2D eigenvalue weighted by Crippen LogP contribution is 2.31. The molecule has 1 heterocycles. The normalized spacial score (nSPS) is 14.5. The van der Waals surface area contributed by atoms with Crippen LogP contribution in [0.25, 0.3) is 0 Å². The van der Waals surface area contributed by atoms with E-state index in [0.717, 1.165) is 36.3 Å². The SMILES string of the molecule is CC(C)CCNc1ccc(N)c2c1CCN(C(=O)OC(C)(C)C)C2. The van der Waals surface area contributed by atoms with Crippen LogP contribution in [0, 0.1) is 5.92 Å². The third kappa shape index (κ3) is 4.79. The predicted octanol–water partition coefficient (Wildman–Crippen LogP) is 4.02. The molecule has 0 fully saturated rings. The van der Waals surface area contributed by atoms with E-state index in [2.05, 4.69) is 25.2 Å². The van der Waals surface area contributed by atoms with Crippen molar-refractivity contribution >= 4 is 17.5 Å². The third-order valence-electron chi connectivity index (χ3n) is 4.14. The summed E-state index contributed by atoms with van der Waals surface area (Å²) in [4.78, 5) is 14.1. The van der Waals surface area contributed by atoms with E-state index in [0.29, 0.717) is 19.0 Å².